The Labute approximate surface area is 231 Å². The van der Waals surface area contributed by atoms with Gasteiger partial charge in [-0.15, -0.1) is 0 Å². The van der Waals surface area contributed by atoms with Crippen molar-refractivity contribution in [1.29, 1.82) is 5.26 Å². The minimum absolute atomic E-state index is 0.0389. The van der Waals surface area contributed by atoms with Crippen molar-refractivity contribution in [3.63, 3.8) is 0 Å². The topological polar surface area (TPSA) is 71.3 Å². The van der Waals surface area contributed by atoms with Gasteiger partial charge in [0.2, 0.25) is 0 Å². The third-order valence-corrected chi connectivity index (χ3v) is 6.28. The zero-order chi connectivity index (χ0) is 26.9. The number of carbonyl (C=O) groups excluding carboxylic acids is 1. The molecule has 190 valence electrons. The number of hydrogen-bond donors (Lipinski definition) is 1. The van der Waals surface area contributed by atoms with E-state index in [0.717, 1.165) is 15.6 Å². The van der Waals surface area contributed by atoms with E-state index in [1.807, 2.05) is 86.6 Å². The summed E-state index contributed by atoms with van der Waals surface area (Å²) in [7, 11) is 0. The second-order valence-electron chi connectivity index (χ2n) is 8.88. The maximum Gasteiger partial charge on any atom is 0.266 e. The Balaban J connectivity index is 1.41. The van der Waals surface area contributed by atoms with Crippen LogP contribution in [0.1, 0.15) is 27.8 Å². The van der Waals surface area contributed by atoms with E-state index in [1.54, 1.807) is 24.3 Å². The van der Waals surface area contributed by atoms with E-state index in [4.69, 9.17) is 9.47 Å². The lowest BCUT2D eigenvalue weighted by Gasteiger charge is -2.11. The molecule has 5 nitrogen and oxygen atoms in total. The lowest BCUT2D eigenvalue weighted by molar-refractivity contribution is -0.112. The Bertz CT molecular complexity index is 1470. The van der Waals surface area contributed by atoms with Crippen LogP contribution >= 0.6 is 15.9 Å². The second-order valence-corrected chi connectivity index (χ2v) is 9.79. The van der Waals surface area contributed by atoms with Gasteiger partial charge in [-0.3, -0.25) is 4.79 Å². The molecule has 0 radical (unpaired) electrons. The van der Waals surface area contributed by atoms with E-state index < -0.39 is 5.91 Å². The molecule has 0 atom stereocenters. The van der Waals surface area contributed by atoms with E-state index >= 15 is 0 Å². The number of carbonyl (C=O) groups is 1. The van der Waals surface area contributed by atoms with Crippen LogP contribution in [0.3, 0.4) is 0 Å². The van der Waals surface area contributed by atoms with Crippen LogP contribution in [0.5, 0.6) is 11.5 Å². The zero-order valence-corrected chi connectivity index (χ0v) is 22.8. The maximum atomic E-state index is 12.9. The van der Waals surface area contributed by atoms with Gasteiger partial charge in [-0.25, -0.2) is 0 Å². The molecule has 1 amide bonds. The molecule has 0 spiro atoms. The number of amides is 1. The summed E-state index contributed by atoms with van der Waals surface area (Å²) in [6.07, 6.45) is 1.53. The molecule has 1 N–H and O–H groups in total. The normalized spacial score (nSPS) is 10.9. The van der Waals surface area contributed by atoms with Crippen LogP contribution in [0.2, 0.25) is 0 Å². The van der Waals surface area contributed by atoms with E-state index in [0.29, 0.717) is 36.0 Å². The van der Waals surface area contributed by atoms with Crippen molar-refractivity contribution in [3.05, 3.63) is 129 Å². The molecule has 0 bridgehead atoms. The summed E-state index contributed by atoms with van der Waals surface area (Å²) in [6, 6.07) is 30.8. The molecule has 0 fully saturated rings. The number of ether oxygens (including phenoxy) is 2. The van der Waals surface area contributed by atoms with Crippen LogP contribution in [0, 0.1) is 25.2 Å². The standard InChI is InChI=1S/C32H27BrN2O3/c1-22-3-7-24(8-4-22)20-37-30-14-12-29(13-15-30)35-32(36)27(19-34)17-26-18-28(33)11-16-31(26)38-21-25-9-5-23(2)6-10-25/h3-18H,20-21H2,1-2H3,(H,35,36)/b27-17+. The van der Waals surface area contributed by atoms with Gasteiger partial charge in [0.15, 0.2) is 0 Å². The smallest absolute Gasteiger partial charge is 0.266 e. The van der Waals surface area contributed by atoms with Crippen molar-refractivity contribution >= 4 is 33.6 Å². The van der Waals surface area contributed by atoms with Crippen LogP contribution < -0.4 is 14.8 Å². The highest BCUT2D eigenvalue weighted by Crippen LogP contribution is 2.27. The first-order chi connectivity index (χ1) is 18.4. The average molecular weight is 567 g/mol. The van der Waals surface area contributed by atoms with Gasteiger partial charge in [0.1, 0.15) is 36.4 Å². The molecule has 0 saturated carbocycles. The molecule has 6 heteroatoms. The fraction of sp³-hybridized carbons (Fsp3) is 0.125. The number of halogens is 1. The first-order valence-electron chi connectivity index (χ1n) is 12.1. The molecule has 4 aromatic rings. The van der Waals surface area contributed by atoms with Gasteiger partial charge in [0.05, 0.1) is 0 Å². The van der Waals surface area contributed by atoms with Crippen molar-refractivity contribution < 1.29 is 14.3 Å². The molecule has 0 heterocycles. The van der Waals surface area contributed by atoms with Crippen molar-refractivity contribution in [2.75, 3.05) is 5.32 Å². The highest BCUT2D eigenvalue weighted by Gasteiger charge is 2.12. The summed E-state index contributed by atoms with van der Waals surface area (Å²) < 4.78 is 12.7. The van der Waals surface area contributed by atoms with Crippen LogP contribution in [0.25, 0.3) is 6.08 Å². The first-order valence-corrected chi connectivity index (χ1v) is 12.9. The van der Waals surface area contributed by atoms with Crippen LogP contribution in [-0.4, -0.2) is 5.91 Å². The monoisotopic (exact) mass is 566 g/mol. The third kappa shape index (κ3) is 7.58. The zero-order valence-electron chi connectivity index (χ0n) is 21.2. The number of rotatable bonds is 9. The Morgan fingerprint density at radius 1 is 0.842 bits per heavy atom. The Morgan fingerprint density at radius 3 is 2.00 bits per heavy atom. The fourth-order valence-electron chi connectivity index (χ4n) is 3.60. The number of benzene rings is 4. The summed E-state index contributed by atoms with van der Waals surface area (Å²) in [4.78, 5) is 12.9. The summed E-state index contributed by atoms with van der Waals surface area (Å²) in [5.41, 5.74) is 5.62. The van der Waals surface area contributed by atoms with Gasteiger partial charge in [0.25, 0.3) is 5.91 Å². The Morgan fingerprint density at radius 2 is 1.42 bits per heavy atom. The van der Waals surface area contributed by atoms with E-state index in [-0.39, 0.29) is 5.57 Å². The summed E-state index contributed by atoms with van der Waals surface area (Å²) in [5.74, 6) is 0.749. The molecule has 0 aliphatic rings. The largest absolute Gasteiger partial charge is 0.489 e. The lowest BCUT2D eigenvalue weighted by Crippen LogP contribution is -2.13. The number of aryl methyl sites for hydroxylation is 2. The van der Waals surface area contributed by atoms with Crippen molar-refractivity contribution in [3.8, 4) is 17.6 Å². The molecule has 0 aromatic heterocycles. The third-order valence-electron chi connectivity index (χ3n) is 5.79. The highest BCUT2D eigenvalue weighted by atomic mass is 79.9. The van der Waals surface area contributed by atoms with Crippen LogP contribution in [-0.2, 0) is 18.0 Å². The number of nitriles is 1. The Hall–Kier alpha value is -4.34. The quantitative estimate of drug-likeness (QED) is 0.166. The van der Waals surface area contributed by atoms with E-state index in [1.165, 1.54) is 17.2 Å². The van der Waals surface area contributed by atoms with Crippen molar-refractivity contribution in [1.82, 2.24) is 0 Å². The average Bonchev–Trinajstić information content (AvgIpc) is 2.92. The highest BCUT2D eigenvalue weighted by molar-refractivity contribution is 9.10. The first kappa shape index (κ1) is 26.7. The van der Waals surface area contributed by atoms with Gasteiger partial charge in [0, 0.05) is 15.7 Å². The van der Waals surface area contributed by atoms with Crippen LogP contribution in [0.15, 0.2) is 101 Å². The molecule has 4 aromatic carbocycles. The second kappa shape index (κ2) is 12.8. The molecule has 0 unspecified atom stereocenters. The predicted molar refractivity (Wildman–Crippen MR) is 154 cm³/mol. The van der Waals surface area contributed by atoms with Crippen LogP contribution in [0.4, 0.5) is 5.69 Å². The molecule has 0 aliphatic carbocycles. The lowest BCUT2D eigenvalue weighted by atomic mass is 10.1. The minimum Gasteiger partial charge on any atom is -0.489 e. The van der Waals surface area contributed by atoms with Gasteiger partial charge in [-0.2, -0.15) is 5.26 Å². The maximum absolute atomic E-state index is 12.9. The number of nitrogens with zero attached hydrogens (tertiary/aromatic N) is 1. The van der Waals surface area contributed by atoms with E-state index in [9.17, 15) is 10.1 Å². The number of hydrogen-bond acceptors (Lipinski definition) is 4. The molecule has 0 saturated heterocycles. The fourth-order valence-corrected chi connectivity index (χ4v) is 3.98. The number of nitrogens with one attached hydrogen (secondary N) is 1. The van der Waals surface area contributed by atoms with Gasteiger partial charge in [-0.1, -0.05) is 75.6 Å². The van der Waals surface area contributed by atoms with Gasteiger partial charge < -0.3 is 14.8 Å². The predicted octanol–water partition coefficient (Wildman–Crippen LogP) is 7.77. The summed E-state index contributed by atoms with van der Waals surface area (Å²) in [5, 5.41) is 12.5. The molecular formula is C32H27BrN2O3. The molecule has 0 aliphatic heterocycles. The summed E-state index contributed by atoms with van der Waals surface area (Å²) >= 11 is 3.46. The molecule has 38 heavy (non-hydrogen) atoms. The minimum atomic E-state index is -0.509. The number of anilines is 1. The van der Waals surface area contributed by atoms with E-state index in [2.05, 4.69) is 21.2 Å². The van der Waals surface area contributed by atoms with Gasteiger partial charge in [-0.05, 0) is 73.5 Å². The SMILES string of the molecule is Cc1ccc(COc2ccc(NC(=O)/C(C#N)=C/c3cc(Br)ccc3OCc3ccc(C)cc3)cc2)cc1. The molecule has 4 rings (SSSR count). The van der Waals surface area contributed by atoms with Crippen molar-refractivity contribution in [2.45, 2.75) is 27.1 Å². The molecular weight excluding hydrogens is 540 g/mol. The van der Waals surface area contributed by atoms with Crippen molar-refractivity contribution in [2.24, 2.45) is 0 Å². The summed E-state index contributed by atoms with van der Waals surface area (Å²) in [6.45, 7) is 4.90. The van der Waals surface area contributed by atoms with Gasteiger partial charge >= 0.3 is 0 Å². The Kier molecular flexibility index (Phi) is 8.97.